The molecule has 3 rings (SSSR count). The summed E-state index contributed by atoms with van der Waals surface area (Å²) in [5.41, 5.74) is 5.91. The largest absolute Gasteiger partial charge is 0.309 e. The van der Waals surface area contributed by atoms with Crippen LogP contribution in [0, 0.1) is 5.92 Å². The lowest BCUT2D eigenvalue weighted by Crippen LogP contribution is -2.15. The molecule has 0 aromatic carbocycles. The average Bonchev–Trinajstić information content (AvgIpc) is 2.65. The van der Waals surface area contributed by atoms with Crippen molar-refractivity contribution in [1.82, 2.24) is 10.3 Å². The van der Waals surface area contributed by atoms with Gasteiger partial charge < -0.3 is 5.32 Å². The van der Waals surface area contributed by atoms with E-state index < -0.39 is 0 Å². The molecular formula is C12H16N2. The lowest BCUT2D eigenvalue weighted by Gasteiger charge is -2.22. The monoisotopic (exact) mass is 188 g/mol. The standard InChI is InChI=1S/C12H16N2/c1-8-2-3-12-10(4-8)11-7-13-5-9(11)6-14-12/h6,8,13H,2-5,7H2,1H3. The molecule has 0 saturated carbocycles. The van der Waals surface area contributed by atoms with E-state index in [0.29, 0.717) is 0 Å². The van der Waals surface area contributed by atoms with Gasteiger partial charge in [-0.2, -0.15) is 0 Å². The second-order valence-corrected chi connectivity index (χ2v) is 4.64. The molecule has 1 atom stereocenters. The number of nitrogens with one attached hydrogen (secondary N) is 1. The molecule has 2 heterocycles. The van der Waals surface area contributed by atoms with Crippen LogP contribution in [0.3, 0.4) is 0 Å². The molecule has 2 nitrogen and oxygen atoms in total. The summed E-state index contributed by atoms with van der Waals surface area (Å²) in [6.07, 6.45) is 5.81. The first kappa shape index (κ1) is 8.42. The first-order valence-electron chi connectivity index (χ1n) is 5.54. The van der Waals surface area contributed by atoms with Crippen molar-refractivity contribution < 1.29 is 0 Å². The fourth-order valence-corrected chi connectivity index (χ4v) is 2.66. The molecule has 2 heteroatoms. The van der Waals surface area contributed by atoms with Crippen LogP contribution in [0.15, 0.2) is 6.20 Å². The summed E-state index contributed by atoms with van der Waals surface area (Å²) in [5, 5.41) is 3.41. The fraction of sp³-hybridized carbons (Fsp3) is 0.583. The maximum Gasteiger partial charge on any atom is 0.0439 e. The normalized spacial score (nSPS) is 24.5. The molecule has 0 bridgehead atoms. The highest BCUT2D eigenvalue weighted by Gasteiger charge is 2.23. The maximum absolute atomic E-state index is 4.59. The Kier molecular flexibility index (Phi) is 1.84. The molecule has 0 amide bonds. The van der Waals surface area contributed by atoms with Gasteiger partial charge in [-0.25, -0.2) is 0 Å². The van der Waals surface area contributed by atoms with Crippen molar-refractivity contribution in [1.29, 1.82) is 0 Å². The van der Waals surface area contributed by atoms with Gasteiger partial charge in [0.25, 0.3) is 0 Å². The smallest absolute Gasteiger partial charge is 0.0439 e. The summed E-state index contributed by atoms with van der Waals surface area (Å²) >= 11 is 0. The molecule has 0 saturated heterocycles. The van der Waals surface area contributed by atoms with Crippen LogP contribution in [-0.4, -0.2) is 4.98 Å². The Hall–Kier alpha value is -0.890. The van der Waals surface area contributed by atoms with Crippen molar-refractivity contribution >= 4 is 0 Å². The zero-order valence-electron chi connectivity index (χ0n) is 8.64. The summed E-state index contributed by atoms with van der Waals surface area (Å²) < 4.78 is 0. The van der Waals surface area contributed by atoms with Crippen molar-refractivity contribution in [2.45, 2.75) is 39.3 Å². The summed E-state index contributed by atoms with van der Waals surface area (Å²) in [6, 6.07) is 0. The van der Waals surface area contributed by atoms with Crippen molar-refractivity contribution in [3.05, 3.63) is 28.6 Å². The van der Waals surface area contributed by atoms with Gasteiger partial charge in [0, 0.05) is 25.0 Å². The molecule has 1 aliphatic heterocycles. The molecule has 14 heavy (non-hydrogen) atoms. The molecule has 2 aliphatic rings. The molecule has 74 valence electrons. The SMILES string of the molecule is CC1CCc2ncc3c(c2C1)CNC3. The van der Waals surface area contributed by atoms with Gasteiger partial charge in [-0.3, -0.25) is 4.98 Å². The number of pyridine rings is 1. The Morgan fingerprint density at radius 1 is 1.36 bits per heavy atom. The Balaban J connectivity index is 2.12. The van der Waals surface area contributed by atoms with Crippen LogP contribution in [0.5, 0.6) is 0 Å². The lowest BCUT2D eigenvalue weighted by atomic mass is 9.85. The third kappa shape index (κ3) is 1.17. The maximum atomic E-state index is 4.59. The third-order valence-electron chi connectivity index (χ3n) is 3.52. The summed E-state index contributed by atoms with van der Waals surface area (Å²) in [5.74, 6) is 0.844. The quantitative estimate of drug-likeness (QED) is 0.671. The van der Waals surface area contributed by atoms with Crippen molar-refractivity contribution in [3.63, 3.8) is 0 Å². The van der Waals surface area contributed by atoms with E-state index in [2.05, 4.69) is 23.4 Å². The second-order valence-electron chi connectivity index (χ2n) is 4.64. The van der Waals surface area contributed by atoms with Gasteiger partial charge in [-0.05, 0) is 41.9 Å². The first-order chi connectivity index (χ1) is 6.84. The molecule has 1 N–H and O–H groups in total. The fourth-order valence-electron chi connectivity index (χ4n) is 2.66. The number of nitrogens with zero attached hydrogens (tertiary/aromatic N) is 1. The van der Waals surface area contributed by atoms with Crippen molar-refractivity contribution in [2.24, 2.45) is 5.92 Å². The number of hydrogen-bond acceptors (Lipinski definition) is 2. The van der Waals surface area contributed by atoms with E-state index in [1.165, 1.54) is 30.5 Å². The van der Waals surface area contributed by atoms with E-state index in [9.17, 15) is 0 Å². The van der Waals surface area contributed by atoms with Crippen LogP contribution >= 0.6 is 0 Å². The molecule has 1 aliphatic carbocycles. The van der Waals surface area contributed by atoms with Crippen LogP contribution < -0.4 is 5.32 Å². The van der Waals surface area contributed by atoms with Crippen LogP contribution in [0.25, 0.3) is 0 Å². The average molecular weight is 188 g/mol. The number of rotatable bonds is 0. The van der Waals surface area contributed by atoms with E-state index >= 15 is 0 Å². The number of hydrogen-bond donors (Lipinski definition) is 1. The number of fused-ring (bicyclic) bond motifs is 3. The zero-order chi connectivity index (χ0) is 9.54. The zero-order valence-corrected chi connectivity index (χ0v) is 8.64. The van der Waals surface area contributed by atoms with E-state index in [0.717, 1.165) is 19.0 Å². The highest BCUT2D eigenvalue weighted by atomic mass is 14.9. The van der Waals surface area contributed by atoms with Crippen molar-refractivity contribution in [2.75, 3.05) is 0 Å². The molecule has 0 spiro atoms. The third-order valence-corrected chi connectivity index (χ3v) is 3.52. The van der Waals surface area contributed by atoms with Crippen LogP contribution in [0.2, 0.25) is 0 Å². The van der Waals surface area contributed by atoms with Gasteiger partial charge in [0.1, 0.15) is 0 Å². The van der Waals surface area contributed by atoms with Crippen molar-refractivity contribution in [3.8, 4) is 0 Å². The highest BCUT2D eigenvalue weighted by molar-refractivity contribution is 5.40. The highest BCUT2D eigenvalue weighted by Crippen LogP contribution is 2.30. The minimum Gasteiger partial charge on any atom is -0.309 e. The van der Waals surface area contributed by atoms with E-state index in [-0.39, 0.29) is 0 Å². The van der Waals surface area contributed by atoms with E-state index in [1.807, 2.05) is 0 Å². The molecular weight excluding hydrogens is 172 g/mol. The molecule has 1 aromatic rings. The Morgan fingerprint density at radius 3 is 3.21 bits per heavy atom. The van der Waals surface area contributed by atoms with Gasteiger partial charge >= 0.3 is 0 Å². The predicted molar refractivity (Wildman–Crippen MR) is 56.0 cm³/mol. The lowest BCUT2D eigenvalue weighted by molar-refractivity contribution is 0.491. The molecule has 0 fully saturated rings. The minimum atomic E-state index is 0.844. The number of aromatic nitrogens is 1. The van der Waals surface area contributed by atoms with Gasteiger partial charge in [0.15, 0.2) is 0 Å². The van der Waals surface area contributed by atoms with Crippen LogP contribution in [0.1, 0.15) is 35.7 Å². The van der Waals surface area contributed by atoms with Gasteiger partial charge in [0.2, 0.25) is 0 Å². The molecule has 1 aromatic heterocycles. The molecule has 0 radical (unpaired) electrons. The number of aryl methyl sites for hydroxylation is 1. The Bertz CT molecular complexity index is 371. The van der Waals surface area contributed by atoms with E-state index in [4.69, 9.17) is 0 Å². The summed E-state index contributed by atoms with van der Waals surface area (Å²) in [7, 11) is 0. The van der Waals surface area contributed by atoms with Crippen LogP contribution in [0.4, 0.5) is 0 Å². The van der Waals surface area contributed by atoms with Gasteiger partial charge in [-0.15, -0.1) is 0 Å². The van der Waals surface area contributed by atoms with Crippen LogP contribution in [-0.2, 0) is 25.9 Å². The predicted octanol–water partition coefficient (Wildman–Crippen LogP) is 1.81. The minimum absolute atomic E-state index is 0.844. The second kappa shape index (κ2) is 3.06. The van der Waals surface area contributed by atoms with E-state index in [1.54, 1.807) is 11.1 Å². The topological polar surface area (TPSA) is 24.9 Å². The first-order valence-corrected chi connectivity index (χ1v) is 5.54. The Morgan fingerprint density at radius 2 is 2.29 bits per heavy atom. The van der Waals surface area contributed by atoms with Gasteiger partial charge in [0.05, 0.1) is 0 Å². The summed E-state index contributed by atoms with van der Waals surface area (Å²) in [6.45, 7) is 4.43. The Labute approximate surface area is 84.7 Å². The summed E-state index contributed by atoms with van der Waals surface area (Å²) in [4.78, 5) is 4.59. The molecule has 1 unspecified atom stereocenters. The van der Waals surface area contributed by atoms with Gasteiger partial charge in [-0.1, -0.05) is 6.92 Å².